The van der Waals surface area contributed by atoms with Crippen molar-refractivity contribution in [2.45, 2.75) is 56.2 Å². The van der Waals surface area contributed by atoms with E-state index in [9.17, 15) is 9.90 Å². The molecule has 1 heterocycles. The Morgan fingerprint density at radius 3 is 1.84 bits per heavy atom. The average Bonchev–Trinajstić information content (AvgIpc) is 2.60. The van der Waals surface area contributed by atoms with E-state index in [-0.39, 0.29) is 30.6 Å². The molecule has 37 heavy (non-hydrogen) atoms. The lowest BCUT2D eigenvalue weighted by molar-refractivity contribution is 0.0166. The minimum atomic E-state index is -2.50. The standard InChI is InChI=1S/C16H13B14N5O2/c17-10(2-1-6(12(19,20)21)11(18,37)4-10)34-8-5(7(31)36)3-32-9(33-8)35-13(14(22,23)24,15(25,26)27)16(28,29)30/h3,6,37H,1-2,4H2,(H2,31,36)(H2,32,33,34,35). The molecule has 1 aliphatic rings. The van der Waals surface area contributed by atoms with Crippen LogP contribution in [0.15, 0.2) is 6.20 Å². The molecule has 7 nitrogen and oxygen atoms in total. The van der Waals surface area contributed by atoms with E-state index in [0.717, 1.165) is 6.20 Å². The number of anilines is 2. The van der Waals surface area contributed by atoms with Gasteiger partial charge in [-0.2, -0.15) is 4.98 Å². The minimum absolute atomic E-state index is 0.0906. The van der Waals surface area contributed by atoms with Gasteiger partial charge in [0.15, 0.2) is 0 Å². The lowest BCUT2D eigenvalue weighted by Crippen LogP contribution is -2.67. The number of amides is 1. The molecule has 1 amide bonds. The Bertz CT molecular complexity index is 983. The fraction of sp³-hybridized carbons (Fsp3) is 0.688. The zero-order valence-electron chi connectivity index (χ0n) is 20.2. The van der Waals surface area contributed by atoms with Gasteiger partial charge in [0.2, 0.25) is 5.95 Å². The highest BCUT2D eigenvalue weighted by Crippen LogP contribution is 2.55. The summed E-state index contributed by atoms with van der Waals surface area (Å²) in [6, 6.07) is 0. The number of aliphatic hydroxyl groups is 1. The topological polar surface area (TPSA) is 113 Å². The fourth-order valence-electron chi connectivity index (χ4n) is 4.73. The molecule has 0 saturated heterocycles. The fourth-order valence-corrected chi connectivity index (χ4v) is 4.73. The molecular formula is C16H13B14N5O2. The first-order valence-corrected chi connectivity index (χ1v) is 10.8. The van der Waals surface area contributed by atoms with Crippen LogP contribution >= 0.6 is 0 Å². The molecule has 21 heteroatoms. The van der Waals surface area contributed by atoms with Crippen LogP contribution in [0.25, 0.3) is 0 Å². The number of nitrogens with two attached hydrogens (primary N) is 1. The second-order valence-corrected chi connectivity index (χ2v) is 10.0. The highest BCUT2D eigenvalue weighted by molar-refractivity contribution is 6.71. The lowest BCUT2D eigenvalue weighted by Gasteiger charge is -2.65. The molecule has 28 radical (unpaired) electrons. The van der Waals surface area contributed by atoms with Gasteiger partial charge in [-0.25, -0.2) is 4.98 Å². The molecule has 0 spiro atoms. The molecule has 1 aromatic rings. The minimum Gasteiger partial charge on any atom is -0.400 e. The van der Waals surface area contributed by atoms with Crippen molar-refractivity contribution in [3.8, 4) is 0 Å². The maximum Gasteiger partial charge on any atom is 0.254 e. The molecular weight excluding hydrogens is 446 g/mol. The third-order valence-electron chi connectivity index (χ3n) is 6.35. The monoisotopic (exact) mass is 461 g/mol. The molecule has 0 aliphatic heterocycles. The van der Waals surface area contributed by atoms with Crippen LogP contribution < -0.4 is 16.4 Å². The Kier molecular flexibility index (Phi) is 8.61. The number of carbonyl (C=O) groups excluding carboxylic acids is 1. The summed E-state index contributed by atoms with van der Waals surface area (Å²) < 4.78 is 0. The summed E-state index contributed by atoms with van der Waals surface area (Å²) in [5, 5.41) is 6.88. The molecule has 0 aromatic carbocycles. The van der Waals surface area contributed by atoms with Crippen LogP contribution in [0.3, 0.4) is 0 Å². The quantitative estimate of drug-likeness (QED) is 0.276. The zero-order chi connectivity index (χ0) is 29.0. The van der Waals surface area contributed by atoms with Gasteiger partial charge in [0.05, 0.1) is 99.7 Å². The van der Waals surface area contributed by atoms with Crippen molar-refractivity contribution in [3.05, 3.63) is 11.8 Å². The van der Waals surface area contributed by atoms with Gasteiger partial charge in [-0.05, 0) is 30.7 Å². The van der Waals surface area contributed by atoms with Crippen molar-refractivity contribution in [3.63, 3.8) is 0 Å². The number of carbonyl (C=O) groups is 1. The first-order chi connectivity index (χ1) is 16.3. The Balaban J connectivity index is 2.57. The van der Waals surface area contributed by atoms with E-state index in [4.69, 9.17) is 116 Å². The van der Waals surface area contributed by atoms with Crippen LogP contribution in [0.1, 0.15) is 29.6 Å². The largest absolute Gasteiger partial charge is 0.400 e. The van der Waals surface area contributed by atoms with E-state index in [0.29, 0.717) is 0 Å². The Hall–Kier alpha value is -0.981. The van der Waals surface area contributed by atoms with Crippen molar-refractivity contribution < 1.29 is 9.90 Å². The number of nitrogens with zero attached hydrogens (tertiary/aromatic N) is 2. The van der Waals surface area contributed by atoms with Crippen molar-refractivity contribution in [1.82, 2.24) is 9.97 Å². The third kappa shape index (κ3) is 6.44. The Labute approximate surface area is 237 Å². The molecule has 156 valence electrons. The van der Waals surface area contributed by atoms with Crippen LogP contribution in [0.2, 0.25) is 20.5 Å². The Morgan fingerprint density at radius 1 is 0.973 bits per heavy atom. The van der Waals surface area contributed by atoms with E-state index >= 15 is 0 Å². The molecule has 3 unspecified atom stereocenters. The van der Waals surface area contributed by atoms with Crippen LogP contribution in [-0.2, 0) is 0 Å². The van der Waals surface area contributed by atoms with E-state index in [2.05, 4.69) is 20.6 Å². The molecule has 5 N–H and O–H groups in total. The van der Waals surface area contributed by atoms with E-state index in [1.54, 1.807) is 0 Å². The predicted octanol–water partition coefficient (Wildman–Crippen LogP) is -5.02. The van der Waals surface area contributed by atoms with Gasteiger partial charge >= 0.3 is 0 Å². The van der Waals surface area contributed by atoms with Gasteiger partial charge in [-0.15, -0.1) is 20.5 Å². The van der Waals surface area contributed by atoms with E-state index in [1.165, 1.54) is 0 Å². The van der Waals surface area contributed by atoms with E-state index < -0.39 is 54.7 Å². The number of primary amides is 1. The molecule has 2 rings (SSSR count). The second-order valence-electron chi connectivity index (χ2n) is 10.0. The highest BCUT2D eigenvalue weighted by Gasteiger charge is 2.54. The van der Waals surface area contributed by atoms with Gasteiger partial charge in [0.1, 0.15) is 21.5 Å². The van der Waals surface area contributed by atoms with Crippen LogP contribution in [0, 0.1) is 5.92 Å². The zero-order valence-corrected chi connectivity index (χ0v) is 20.2. The summed E-state index contributed by atoms with van der Waals surface area (Å²) in [5.41, 5.74) is -0.758. The maximum absolute atomic E-state index is 12.1. The summed E-state index contributed by atoms with van der Waals surface area (Å²) >= 11 is 0. The molecule has 1 aliphatic carbocycles. The summed E-state index contributed by atoms with van der Waals surface area (Å²) in [6.07, 6.45) is 0.875. The van der Waals surface area contributed by atoms with Crippen molar-refractivity contribution in [2.24, 2.45) is 11.7 Å². The number of aromatic nitrogens is 2. The van der Waals surface area contributed by atoms with Crippen LogP contribution in [-0.4, -0.2) is 147 Å². The molecule has 3 atom stereocenters. The van der Waals surface area contributed by atoms with Gasteiger partial charge in [-0.1, -0.05) is 0 Å². The summed E-state index contributed by atoms with van der Waals surface area (Å²) in [6.45, 7) is 0. The molecule has 0 bridgehead atoms. The highest BCUT2D eigenvalue weighted by atomic mass is 16.3. The number of nitrogens with one attached hydrogen (secondary N) is 2. The number of hydrogen-bond donors (Lipinski definition) is 4. The number of rotatable bonds is 9. The SMILES string of the molecule is [B]C1(Nc2nc(NC(C([B])([B])[B])(C([B])([B])[B])C([B])([B])[B])ncc2C(N)=O)CCC(C([B])([B])[B])C([B])(O)C1. The smallest absolute Gasteiger partial charge is 0.254 e. The molecule has 1 saturated carbocycles. The lowest BCUT2D eigenvalue weighted by atomic mass is 9.12. The second kappa shape index (κ2) is 9.89. The van der Waals surface area contributed by atoms with Gasteiger partial charge in [0, 0.05) is 17.1 Å². The van der Waals surface area contributed by atoms with Crippen molar-refractivity contribution in [2.75, 3.05) is 10.6 Å². The van der Waals surface area contributed by atoms with Crippen LogP contribution in [0.5, 0.6) is 0 Å². The normalized spacial score (nSPS) is 25.7. The number of hydrogen-bond acceptors (Lipinski definition) is 6. The predicted molar refractivity (Wildman–Crippen MR) is 157 cm³/mol. The summed E-state index contributed by atoms with van der Waals surface area (Å²) in [5.74, 6) is -2.53. The Morgan fingerprint density at radius 2 is 1.46 bits per heavy atom. The van der Waals surface area contributed by atoms with Gasteiger partial charge < -0.3 is 21.5 Å². The van der Waals surface area contributed by atoms with Gasteiger partial charge in [0.25, 0.3) is 5.91 Å². The van der Waals surface area contributed by atoms with E-state index in [1.807, 2.05) is 0 Å². The van der Waals surface area contributed by atoms with Crippen molar-refractivity contribution in [1.29, 1.82) is 0 Å². The molecule has 1 aromatic heterocycles. The van der Waals surface area contributed by atoms with Gasteiger partial charge in [-0.3, -0.25) is 4.79 Å². The van der Waals surface area contributed by atoms with Crippen molar-refractivity contribution >= 4 is 128 Å². The van der Waals surface area contributed by atoms with Crippen LogP contribution in [0.4, 0.5) is 11.8 Å². The maximum atomic E-state index is 12.1. The first-order valence-electron chi connectivity index (χ1n) is 10.8. The molecule has 1 fully saturated rings. The average molecular weight is 459 g/mol. The first kappa shape index (κ1) is 32.2. The summed E-state index contributed by atoms with van der Waals surface area (Å²) in [7, 11) is 82.6. The third-order valence-corrected chi connectivity index (χ3v) is 6.35. The summed E-state index contributed by atoms with van der Waals surface area (Å²) in [4.78, 5) is 20.2.